The van der Waals surface area contributed by atoms with Crippen LogP contribution in [0.1, 0.15) is 13.3 Å². The first-order valence-corrected chi connectivity index (χ1v) is 8.44. The molecular formula is C13H21N3O4S. The summed E-state index contributed by atoms with van der Waals surface area (Å²) in [5.41, 5.74) is 0. The Balaban J connectivity index is 2.34. The van der Waals surface area contributed by atoms with E-state index in [9.17, 15) is 13.5 Å². The van der Waals surface area contributed by atoms with E-state index in [-0.39, 0.29) is 24.7 Å². The standard InChI is InChI=1S/C13H21N3O4S/c1-2-5-14-13-12(4-3-6-15-13)21(18,19)16-7-8-20-10-11(16)9-17/h3-4,6,11,17H,2,5,7-10H2,1H3,(H,14,15). The van der Waals surface area contributed by atoms with Crippen LogP contribution in [0.2, 0.25) is 0 Å². The van der Waals surface area contributed by atoms with Gasteiger partial charge in [-0.1, -0.05) is 6.92 Å². The first kappa shape index (κ1) is 16.2. The zero-order valence-electron chi connectivity index (χ0n) is 12.0. The van der Waals surface area contributed by atoms with Gasteiger partial charge >= 0.3 is 0 Å². The lowest BCUT2D eigenvalue weighted by atomic mass is 10.3. The SMILES string of the molecule is CCCNc1ncccc1S(=O)(=O)N1CCOCC1CO. The number of anilines is 1. The fourth-order valence-electron chi connectivity index (χ4n) is 2.20. The summed E-state index contributed by atoms with van der Waals surface area (Å²) in [6, 6.07) is 2.57. The van der Waals surface area contributed by atoms with E-state index in [4.69, 9.17) is 4.74 Å². The first-order valence-electron chi connectivity index (χ1n) is 7.00. The fourth-order valence-corrected chi connectivity index (χ4v) is 3.91. The Hall–Kier alpha value is -1.22. The molecule has 1 aromatic heterocycles. The molecule has 2 rings (SSSR count). The lowest BCUT2D eigenvalue weighted by Gasteiger charge is -2.33. The third-order valence-electron chi connectivity index (χ3n) is 3.28. The molecule has 7 nitrogen and oxygen atoms in total. The number of hydrogen-bond donors (Lipinski definition) is 2. The van der Waals surface area contributed by atoms with Gasteiger partial charge in [-0.05, 0) is 18.6 Å². The Kier molecular flexibility index (Phi) is 5.51. The van der Waals surface area contributed by atoms with Crippen LogP contribution in [0, 0.1) is 0 Å². The minimum absolute atomic E-state index is 0.138. The molecule has 0 bridgehead atoms. The second-order valence-electron chi connectivity index (χ2n) is 4.80. The molecule has 1 aliphatic rings. The van der Waals surface area contributed by atoms with Crippen LogP contribution in [0.25, 0.3) is 0 Å². The van der Waals surface area contributed by atoms with Crippen LogP contribution < -0.4 is 5.32 Å². The molecule has 2 heterocycles. The summed E-state index contributed by atoms with van der Waals surface area (Å²) in [6.45, 7) is 3.13. The third kappa shape index (κ3) is 3.52. The molecule has 1 aromatic rings. The zero-order chi connectivity index (χ0) is 15.3. The van der Waals surface area contributed by atoms with Gasteiger partial charge in [-0.25, -0.2) is 13.4 Å². The molecule has 1 fully saturated rings. The molecule has 1 unspecified atom stereocenters. The van der Waals surface area contributed by atoms with E-state index in [0.717, 1.165) is 6.42 Å². The summed E-state index contributed by atoms with van der Waals surface area (Å²) in [5, 5.41) is 12.4. The molecule has 1 atom stereocenters. The van der Waals surface area contributed by atoms with Gasteiger partial charge in [0, 0.05) is 19.3 Å². The van der Waals surface area contributed by atoms with Crippen molar-refractivity contribution in [2.24, 2.45) is 0 Å². The van der Waals surface area contributed by atoms with E-state index in [1.165, 1.54) is 10.4 Å². The molecule has 0 spiro atoms. The molecule has 0 aromatic carbocycles. The number of nitrogens with one attached hydrogen (secondary N) is 1. The summed E-state index contributed by atoms with van der Waals surface area (Å²) in [7, 11) is -3.72. The predicted molar refractivity (Wildman–Crippen MR) is 78.6 cm³/mol. The Labute approximate surface area is 125 Å². The van der Waals surface area contributed by atoms with Crippen molar-refractivity contribution in [3.05, 3.63) is 18.3 Å². The molecule has 0 radical (unpaired) electrons. The van der Waals surface area contributed by atoms with Crippen molar-refractivity contribution in [1.29, 1.82) is 0 Å². The van der Waals surface area contributed by atoms with Gasteiger partial charge in [-0.3, -0.25) is 0 Å². The molecule has 0 aliphatic carbocycles. The van der Waals surface area contributed by atoms with Crippen molar-refractivity contribution < 1.29 is 18.3 Å². The molecule has 1 saturated heterocycles. The maximum Gasteiger partial charge on any atom is 0.247 e. The summed E-state index contributed by atoms with van der Waals surface area (Å²) < 4.78 is 32.2. The van der Waals surface area contributed by atoms with Crippen LogP contribution in [-0.2, 0) is 14.8 Å². The Bertz CT molecular complexity index is 564. The summed E-state index contributed by atoms with van der Waals surface area (Å²) >= 11 is 0. The lowest BCUT2D eigenvalue weighted by Crippen LogP contribution is -2.50. The highest BCUT2D eigenvalue weighted by Crippen LogP contribution is 2.25. The normalized spacial score (nSPS) is 20.4. The summed E-state index contributed by atoms with van der Waals surface area (Å²) in [6.07, 6.45) is 2.42. The molecule has 0 amide bonds. The Morgan fingerprint density at radius 3 is 3.10 bits per heavy atom. The number of aliphatic hydroxyl groups excluding tert-OH is 1. The van der Waals surface area contributed by atoms with E-state index >= 15 is 0 Å². The molecule has 8 heteroatoms. The quantitative estimate of drug-likeness (QED) is 0.784. The van der Waals surface area contributed by atoms with Crippen molar-refractivity contribution in [2.45, 2.75) is 24.3 Å². The Morgan fingerprint density at radius 1 is 1.57 bits per heavy atom. The number of rotatable bonds is 6. The third-order valence-corrected chi connectivity index (χ3v) is 5.27. The topological polar surface area (TPSA) is 91.8 Å². The van der Waals surface area contributed by atoms with Gasteiger partial charge in [0.2, 0.25) is 10.0 Å². The lowest BCUT2D eigenvalue weighted by molar-refractivity contribution is 0.0109. The monoisotopic (exact) mass is 315 g/mol. The summed E-state index contributed by atoms with van der Waals surface area (Å²) in [4.78, 5) is 4.26. The van der Waals surface area contributed by atoms with Gasteiger partial charge in [0.25, 0.3) is 0 Å². The zero-order valence-corrected chi connectivity index (χ0v) is 12.8. The Morgan fingerprint density at radius 2 is 2.38 bits per heavy atom. The van der Waals surface area contributed by atoms with E-state index in [0.29, 0.717) is 19.0 Å². The number of aliphatic hydroxyl groups is 1. The number of hydrogen-bond acceptors (Lipinski definition) is 6. The van der Waals surface area contributed by atoms with Gasteiger partial charge in [0.15, 0.2) is 0 Å². The highest BCUT2D eigenvalue weighted by Gasteiger charge is 2.35. The minimum atomic E-state index is -3.72. The largest absolute Gasteiger partial charge is 0.395 e. The number of aromatic nitrogens is 1. The molecule has 2 N–H and O–H groups in total. The highest BCUT2D eigenvalue weighted by molar-refractivity contribution is 7.89. The molecule has 0 saturated carbocycles. The van der Waals surface area contributed by atoms with Gasteiger partial charge in [0.05, 0.1) is 25.9 Å². The first-order chi connectivity index (χ1) is 10.1. The smallest absolute Gasteiger partial charge is 0.247 e. The number of ether oxygens (including phenoxy) is 1. The van der Waals surface area contributed by atoms with Crippen molar-refractivity contribution in [2.75, 3.05) is 38.2 Å². The van der Waals surface area contributed by atoms with Crippen molar-refractivity contribution >= 4 is 15.8 Å². The number of morpholine rings is 1. The van der Waals surface area contributed by atoms with Crippen LogP contribution in [0.4, 0.5) is 5.82 Å². The van der Waals surface area contributed by atoms with Crippen molar-refractivity contribution in [3.63, 3.8) is 0 Å². The van der Waals surface area contributed by atoms with Gasteiger partial charge in [-0.2, -0.15) is 4.31 Å². The number of pyridine rings is 1. The van der Waals surface area contributed by atoms with Crippen LogP contribution in [-0.4, -0.2) is 61.8 Å². The molecule has 118 valence electrons. The second kappa shape index (κ2) is 7.17. The van der Waals surface area contributed by atoms with Crippen LogP contribution in [0.5, 0.6) is 0 Å². The van der Waals surface area contributed by atoms with E-state index in [1.807, 2.05) is 6.92 Å². The maximum atomic E-state index is 12.8. The van der Waals surface area contributed by atoms with Crippen molar-refractivity contribution in [3.8, 4) is 0 Å². The maximum absolute atomic E-state index is 12.8. The molecular weight excluding hydrogens is 294 g/mol. The van der Waals surface area contributed by atoms with Crippen LogP contribution in [0.3, 0.4) is 0 Å². The van der Waals surface area contributed by atoms with E-state index in [2.05, 4.69) is 10.3 Å². The number of nitrogens with zero attached hydrogens (tertiary/aromatic N) is 2. The van der Waals surface area contributed by atoms with Crippen molar-refractivity contribution in [1.82, 2.24) is 9.29 Å². The molecule has 21 heavy (non-hydrogen) atoms. The van der Waals surface area contributed by atoms with E-state index < -0.39 is 16.1 Å². The number of sulfonamides is 1. The van der Waals surface area contributed by atoms with Gasteiger partial charge in [-0.15, -0.1) is 0 Å². The average Bonchev–Trinajstić information content (AvgIpc) is 2.53. The van der Waals surface area contributed by atoms with Gasteiger partial charge < -0.3 is 15.2 Å². The minimum Gasteiger partial charge on any atom is -0.395 e. The van der Waals surface area contributed by atoms with Crippen LogP contribution >= 0.6 is 0 Å². The highest BCUT2D eigenvalue weighted by atomic mass is 32.2. The molecule has 1 aliphatic heterocycles. The predicted octanol–water partition coefficient (Wildman–Crippen LogP) is 0.285. The second-order valence-corrected chi connectivity index (χ2v) is 6.66. The van der Waals surface area contributed by atoms with E-state index in [1.54, 1.807) is 12.3 Å². The average molecular weight is 315 g/mol. The fraction of sp³-hybridized carbons (Fsp3) is 0.615. The van der Waals surface area contributed by atoms with Crippen LogP contribution in [0.15, 0.2) is 23.2 Å². The van der Waals surface area contributed by atoms with Gasteiger partial charge in [0.1, 0.15) is 10.7 Å². The summed E-state index contributed by atoms with van der Waals surface area (Å²) in [5.74, 6) is 0.350.